The van der Waals surface area contributed by atoms with Crippen LogP contribution in [-0.2, 0) is 0 Å². The summed E-state index contributed by atoms with van der Waals surface area (Å²) in [6, 6.07) is 1.85. The minimum Gasteiger partial charge on any atom is -0.397 e. The normalized spacial score (nSPS) is 24.7. The van der Waals surface area contributed by atoms with Gasteiger partial charge in [0.25, 0.3) is 0 Å². The van der Waals surface area contributed by atoms with E-state index in [2.05, 4.69) is 23.9 Å². The van der Waals surface area contributed by atoms with Crippen LogP contribution in [0, 0.1) is 11.8 Å². The molecule has 3 heteroatoms. The van der Waals surface area contributed by atoms with E-state index in [1.54, 1.807) is 6.20 Å². The molecule has 1 aliphatic rings. The van der Waals surface area contributed by atoms with Gasteiger partial charge in [-0.05, 0) is 24.3 Å². The van der Waals surface area contributed by atoms with Crippen molar-refractivity contribution >= 4 is 11.4 Å². The molecule has 1 aromatic heterocycles. The average molecular weight is 191 g/mol. The lowest BCUT2D eigenvalue weighted by Crippen LogP contribution is -2.21. The molecule has 0 spiro atoms. The number of rotatable bonds is 3. The Morgan fingerprint density at radius 1 is 1.64 bits per heavy atom. The number of pyridine rings is 1. The molecule has 1 aromatic rings. The smallest absolute Gasteiger partial charge is 0.0783 e. The Morgan fingerprint density at radius 3 is 2.93 bits per heavy atom. The van der Waals surface area contributed by atoms with Gasteiger partial charge < -0.3 is 10.6 Å². The van der Waals surface area contributed by atoms with Crippen molar-refractivity contribution in [2.45, 2.75) is 13.3 Å². The van der Waals surface area contributed by atoms with Gasteiger partial charge in [-0.2, -0.15) is 0 Å². The SMILES string of the molecule is CC1CC1CN(C)c1cnccc1N. The van der Waals surface area contributed by atoms with Gasteiger partial charge in [0.1, 0.15) is 0 Å². The quantitative estimate of drug-likeness (QED) is 0.791. The van der Waals surface area contributed by atoms with Crippen molar-refractivity contribution in [3.05, 3.63) is 18.5 Å². The zero-order valence-electron chi connectivity index (χ0n) is 8.77. The first kappa shape index (κ1) is 9.31. The summed E-state index contributed by atoms with van der Waals surface area (Å²) < 4.78 is 0. The predicted molar refractivity (Wildman–Crippen MR) is 59.2 cm³/mol. The fourth-order valence-electron chi connectivity index (χ4n) is 1.82. The van der Waals surface area contributed by atoms with Crippen molar-refractivity contribution in [2.75, 3.05) is 24.2 Å². The molecule has 0 aliphatic heterocycles. The van der Waals surface area contributed by atoms with Crippen LogP contribution in [0.3, 0.4) is 0 Å². The molecule has 0 radical (unpaired) electrons. The number of hydrogen-bond donors (Lipinski definition) is 1. The molecule has 0 bridgehead atoms. The van der Waals surface area contributed by atoms with E-state index >= 15 is 0 Å². The third-order valence-corrected chi connectivity index (χ3v) is 3.03. The van der Waals surface area contributed by atoms with Crippen molar-refractivity contribution in [2.24, 2.45) is 11.8 Å². The third kappa shape index (κ3) is 1.81. The van der Waals surface area contributed by atoms with Gasteiger partial charge in [0.15, 0.2) is 0 Å². The second kappa shape index (κ2) is 3.48. The minimum atomic E-state index is 0.816. The lowest BCUT2D eigenvalue weighted by Gasteiger charge is -2.20. The molecule has 0 saturated heterocycles. The van der Waals surface area contributed by atoms with Gasteiger partial charge in [-0.15, -0.1) is 0 Å². The van der Waals surface area contributed by atoms with Crippen LogP contribution >= 0.6 is 0 Å². The fraction of sp³-hybridized carbons (Fsp3) is 0.545. The third-order valence-electron chi connectivity index (χ3n) is 3.03. The van der Waals surface area contributed by atoms with Crippen LogP contribution in [0.5, 0.6) is 0 Å². The van der Waals surface area contributed by atoms with Gasteiger partial charge in [-0.3, -0.25) is 4.98 Å². The van der Waals surface area contributed by atoms with E-state index in [9.17, 15) is 0 Å². The Bertz CT molecular complexity index is 324. The Kier molecular flexibility index (Phi) is 2.32. The van der Waals surface area contributed by atoms with Crippen molar-refractivity contribution in [3.63, 3.8) is 0 Å². The minimum absolute atomic E-state index is 0.816. The van der Waals surface area contributed by atoms with E-state index in [0.29, 0.717) is 0 Å². The second-order valence-electron chi connectivity index (χ2n) is 4.29. The molecular formula is C11H17N3. The van der Waals surface area contributed by atoms with Crippen LogP contribution in [0.25, 0.3) is 0 Å². The average Bonchev–Trinajstić information content (AvgIpc) is 2.82. The highest BCUT2D eigenvalue weighted by Gasteiger charge is 2.33. The van der Waals surface area contributed by atoms with Gasteiger partial charge in [-0.1, -0.05) is 6.92 Å². The topological polar surface area (TPSA) is 42.2 Å². The maximum Gasteiger partial charge on any atom is 0.0783 e. The molecular weight excluding hydrogens is 174 g/mol. The number of hydrogen-bond acceptors (Lipinski definition) is 3. The summed E-state index contributed by atoms with van der Waals surface area (Å²) in [7, 11) is 2.08. The first-order valence-electron chi connectivity index (χ1n) is 5.09. The monoisotopic (exact) mass is 191 g/mol. The fourth-order valence-corrected chi connectivity index (χ4v) is 1.82. The van der Waals surface area contributed by atoms with Crippen LogP contribution in [-0.4, -0.2) is 18.6 Å². The summed E-state index contributed by atoms with van der Waals surface area (Å²) in [5.41, 5.74) is 7.73. The lowest BCUT2D eigenvalue weighted by atomic mass is 10.3. The van der Waals surface area contributed by atoms with Gasteiger partial charge in [-0.25, -0.2) is 0 Å². The Labute approximate surface area is 84.9 Å². The van der Waals surface area contributed by atoms with Crippen LogP contribution in [0.4, 0.5) is 11.4 Å². The van der Waals surface area contributed by atoms with Crippen molar-refractivity contribution in [3.8, 4) is 0 Å². The molecule has 0 amide bonds. The molecule has 1 fully saturated rings. The van der Waals surface area contributed by atoms with Crippen molar-refractivity contribution in [1.29, 1.82) is 0 Å². The molecule has 1 aliphatic carbocycles. The van der Waals surface area contributed by atoms with E-state index in [1.807, 2.05) is 12.3 Å². The van der Waals surface area contributed by atoms with Gasteiger partial charge in [0, 0.05) is 19.8 Å². The second-order valence-corrected chi connectivity index (χ2v) is 4.29. The highest BCUT2D eigenvalue weighted by molar-refractivity contribution is 5.65. The van der Waals surface area contributed by atoms with E-state index in [1.165, 1.54) is 6.42 Å². The zero-order valence-corrected chi connectivity index (χ0v) is 8.77. The maximum absolute atomic E-state index is 5.87. The van der Waals surface area contributed by atoms with Crippen LogP contribution < -0.4 is 10.6 Å². The number of anilines is 2. The summed E-state index contributed by atoms with van der Waals surface area (Å²) in [6.45, 7) is 3.39. The van der Waals surface area contributed by atoms with Gasteiger partial charge in [0.05, 0.1) is 17.6 Å². The highest BCUT2D eigenvalue weighted by Crippen LogP contribution is 2.39. The molecule has 3 nitrogen and oxygen atoms in total. The number of nitrogens with two attached hydrogens (primary N) is 1. The van der Waals surface area contributed by atoms with E-state index < -0.39 is 0 Å². The van der Waals surface area contributed by atoms with Crippen LogP contribution in [0.2, 0.25) is 0 Å². The Morgan fingerprint density at radius 2 is 2.36 bits per heavy atom. The zero-order chi connectivity index (χ0) is 10.1. The Balaban J connectivity index is 2.03. The molecule has 76 valence electrons. The van der Waals surface area contributed by atoms with E-state index in [4.69, 9.17) is 5.73 Å². The summed E-state index contributed by atoms with van der Waals surface area (Å²) >= 11 is 0. The van der Waals surface area contributed by atoms with Crippen LogP contribution in [0.15, 0.2) is 18.5 Å². The Hall–Kier alpha value is -1.25. The summed E-state index contributed by atoms with van der Waals surface area (Å²) in [5, 5.41) is 0. The molecule has 2 rings (SSSR count). The lowest BCUT2D eigenvalue weighted by molar-refractivity contribution is 0.725. The number of nitrogens with zero attached hydrogens (tertiary/aromatic N) is 2. The van der Waals surface area contributed by atoms with Crippen molar-refractivity contribution in [1.82, 2.24) is 4.98 Å². The predicted octanol–water partition coefficient (Wildman–Crippen LogP) is 1.76. The maximum atomic E-state index is 5.87. The van der Waals surface area contributed by atoms with E-state index in [-0.39, 0.29) is 0 Å². The molecule has 0 aromatic carbocycles. The molecule has 1 heterocycles. The van der Waals surface area contributed by atoms with Gasteiger partial charge >= 0.3 is 0 Å². The summed E-state index contributed by atoms with van der Waals surface area (Å²) in [5.74, 6) is 1.73. The molecule has 1 saturated carbocycles. The van der Waals surface area contributed by atoms with Gasteiger partial charge in [0.2, 0.25) is 0 Å². The standard InChI is InChI=1S/C11H17N3/c1-8-5-9(8)7-14(2)11-6-13-4-3-10(11)12/h3-4,6,8-9H,5,7H2,1-2H3,(H2,12,13). The molecule has 2 unspecified atom stereocenters. The van der Waals surface area contributed by atoms with Crippen LogP contribution in [0.1, 0.15) is 13.3 Å². The molecule has 2 N–H and O–H groups in total. The van der Waals surface area contributed by atoms with E-state index in [0.717, 1.165) is 29.8 Å². The summed E-state index contributed by atoms with van der Waals surface area (Å²) in [4.78, 5) is 6.30. The molecule has 2 atom stereocenters. The molecule has 14 heavy (non-hydrogen) atoms. The number of nitrogen functional groups attached to an aromatic ring is 1. The first-order chi connectivity index (χ1) is 6.68. The van der Waals surface area contributed by atoms with Crippen molar-refractivity contribution < 1.29 is 0 Å². The summed E-state index contributed by atoms with van der Waals surface area (Å²) in [6.07, 6.45) is 4.92. The highest BCUT2D eigenvalue weighted by atomic mass is 15.1. The number of aromatic nitrogens is 1. The first-order valence-corrected chi connectivity index (χ1v) is 5.09. The largest absolute Gasteiger partial charge is 0.397 e.